The summed E-state index contributed by atoms with van der Waals surface area (Å²) < 4.78 is 0.961. The van der Waals surface area contributed by atoms with Gasteiger partial charge in [-0.2, -0.15) is 0 Å². The van der Waals surface area contributed by atoms with Crippen LogP contribution in [0.4, 0.5) is 11.4 Å². The summed E-state index contributed by atoms with van der Waals surface area (Å²) in [5, 5.41) is 5.92. The molecule has 0 bridgehead atoms. The van der Waals surface area contributed by atoms with Crippen molar-refractivity contribution in [2.24, 2.45) is 0 Å². The molecule has 4 heteroatoms. The molecule has 0 fully saturated rings. The first-order valence-corrected chi connectivity index (χ1v) is 4.83. The van der Waals surface area contributed by atoms with Crippen LogP contribution in [0.1, 0.15) is 6.92 Å². The van der Waals surface area contributed by atoms with E-state index in [-0.39, 0.29) is 11.9 Å². The molecule has 68 valence electrons. The van der Waals surface area contributed by atoms with E-state index in [0.717, 1.165) is 15.8 Å². The molecule has 0 aliphatic carbocycles. The van der Waals surface area contributed by atoms with E-state index < -0.39 is 0 Å². The summed E-state index contributed by atoms with van der Waals surface area (Å²) in [6.45, 7) is 1.83. The predicted molar refractivity (Wildman–Crippen MR) is 55.9 cm³/mol. The van der Waals surface area contributed by atoms with Gasteiger partial charge in [0.2, 0.25) is 5.91 Å². The molecule has 1 heterocycles. The molecular formula is C9H9BrN2O. The van der Waals surface area contributed by atoms with Crippen molar-refractivity contribution >= 4 is 33.2 Å². The van der Waals surface area contributed by atoms with Crippen molar-refractivity contribution in [1.82, 2.24) is 0 Å². The maximum Gasteiger partial charge on any atom is 0.246 e. The zero-order chi connectivity index (χ0) is 9.42. The summed E-state index contributed by atoms with van der Waals surface area (Å²) in [6.07, 6.45) is 0. The number of benzene rings is 1. The number of fused-ring (bicyclic) bond motifs is 1. The van der Waals surface area contributed by atoms with Crippen LogP contribution in [0, 0.1) is 0 Å². The molecule has 0 spiro atoms. The lowest BCUT2D eigenvalue weighted by Crippen LogP contribution is -2.36. The van der Waals surface area contributed by atoms with Gasteiger partial charge in [0.15, 0.2) is 0 Å². The maximum absolute atomic E-state index is 11.3. The first-order chi connectivity index (χ1) is 6.16. The fourth-order valence-corrected chi connectivity index (χ4v) is 1.65. The molecule has 2 N–H and O–H groups in total. The van der Waals surface area contributed by atoms with Gasteiger partial charge >= 0.3 is 0 Å². The molecule has 13 heavy (non-hydrogen) atoms. The highest BCUT2D eigenvalue weighted by molar-refractivity contribution is 9.10. The van der Waals surface area contributed by atoms with E-state index in [9.17, 15) is 4.79 Å². The van der Waals surface area contributed by atoms with Crippen LogP contribution < -0.4 is 10.6 Å². The minimum absolute atomic E-state index is 0.00519. The second-order valence-corrected chi connectivity index (χ2v) is 3.96. The van der Waals surface area contributed by atoms with Gasteiger partial charge in [-0.15, -0.1) is 0 Å². The summed E-state index contributed by atoms with van der Waals surface area (Å²) in [5.41, 5.74) is 1.80. The lowest BCUT2D eigenvalue weighted by molar-refractivity contribution is -0.116. The number of nitrogens with one attached hydrogen (secondary N) is 2. The minimum Gasteiger partial charge on any atom is -0.372 e. The number of anilines is 2. The molecule has 0 unspecified atom stereocenters. The van der Waals surface area contributed by atoms with E-state index in [1.807, 2.05) is 25.1 Å². The molecule has 1 aliphatic heterocycles. The Morgan fingerprint density at radius 1 is 1.38 bits per heavy atom. The summed E-state index contributed by atoms with van der Waals surface area (Å²) >= 11 is 3.35. The van der Waals surface area contributed by atoms with Gasteiger partial charge in [-0.25, -0.2) is 0 Å². The quantitative estimate of drug-likeness (QED) is 0.731. The molecule has 1 amide bonds. The summed E-state index contributed by atoms with van der Waals surface area (Å²) in [4.78, 5) is 11.3. The van der Waals surface area contributed by atoms with Gasteiger partial charge in [0, 0.05) is 4.47 Å². The van der Waals surface area contributed by atoms with Crippen LogP contribution in [0.5, 0.6) is 0 Å². The van der Waals surface area contributed by atoms with Crippen LogP contribution in [0.2, 0.25) is 0 Å². The van der Waals surface area contributed by atoms with Gasteiger partial charge in [0.1, 0.15) is 6.04 Å². The number of carbonyl (C=O) groups excluding carboxylic acids is 1. The summed E-state index contributed by atoms with van der Waals surface area (Å²) in [7, 11) is 0. The van der Waals surface area contributed by atoms with Gasteiger partial charge in [-0.3, -0.25) is 4.79 Å². The Balaban J connectivity index is 2.42. The van der Waals surface area contributed by atoms with E-state index in [0.29, 0.717) is 0 Å². The number of halogens is 1. The van der Waals surface area contributed by atoms with Gasteiger partial charge < -0.3 is 10.6 Å². The highest BCUT2D eigenvalue weighted by Gasteiger charge is 2.20. The Morgan fingerprint density at radius 2 is 2.15 bits per heavy atom. The maximum atomic E-state index is 11.3. The van der Waals surface area contributed by atoms with E-state index in [2.05, 4.69) is 26.6 Å². The lowest BCUT2D eigenvalue weighted by atomic mass is 10.1. The summed E-state index contributed by atoms with van der Waals surface area (Å²) in [5.74, 6) is 0.00519. The molecule has 1 aliphatic rings. The number of hydrogen-bond donors (Lipinski definition) is 2. The third-order valence-corrected chi connectivity index (χ3v) is 2.50. The second-order valence-electron chi connectivity index (χ2n) is 3.05. The van der Waals surface area contributed by atoms with Crippen LogP contribution >= 0.6 is 15.9 Å². The van der Waals surface area contributed by atoms with Crippen molar-refractivity contribution in [3.8, 4) is 0 Å². The van der Waals surface area contributed by atoms with E-state index in [1.165, 1.54) is 0 Å². The molecule has 1 aromatic rings. The topological polar surface area (TPSA) is 41.1 Å². The Kier molecular flexibility index (Phi) is 2.00. The van der Waals surface area contributed by atoms with Crippen LogP contribution in [-0.2, 0) is 4.79 Å². The minimum atomic E-state index is -0.159. The Labute approximate surface area is 84.6 Å². The summed E-state index contributed by atoms with van der Waals surface area (Å²) in [6, 6.07) is 5.60. The van der Waals surface area contributed by atoms with Gasteiger partial charge in [-0.05, 0) is 25.1 Å². The average Bonchev–Trinajstić information content (AvgIpc) is 2.08. The fourth-order valence-electron chi connectivity index (χ4n) is 1.29. The first-order valence-electron chi connectivity index (χ1n) is 4.04. The van der Waals surface area contributed by atoms with E-state index in [1.54, 1.807) is 0 Å². The molecule has 3 nitrogen and oxygen atoms in total. The lowest BCUT2D eigenvalue weighted by Gasteiger charge is -2.24. The average molecular weight is 241 g/mol. The Hall–Kier alpha value is -1.03. The highest BCUT2D eigenvalue weighted by atomic mass is 79.9. The van der Waals surface area contributed by atoms with Crippen molar-refractivity contribution in [3.05, 3.63) is 22.7 Å². The van der Waals surface area contributed by atoms with Crippen LogP contribution in [0.25, 0.3) is 0 Å². The SMILES string of the molecule is C[C@@H]1Nc2ccc(Br)cc2NC1=O. The van der Waals surface area contributed by atoms with Crippen molar-refractivity contribution in [2.45, 2.75) is 13.0 Å². The normalized spacial score (nSPS) is 20.2. The molecule has 0 aromatic heterocycles. The first kappa shape index (κ1) is 8.56. The van der Waals surface area contributed by atoms with Crippen molar-refractivity contribution in [1.29, 1.82) is 0 Å². The van der Waals surface area contributed by atoms with E-state index in [4.69, 9.17) is 0 Å². The second kappa shape index (κ2) is 3.03. The Morgan fingerprint density at radius 3 is 2.92 bits per heavy atom. The number of rotatable bonds is 0. The standard InChI is InChI=1S/C9H9BrN2O/c1-5-9(13)12-8-4-6(10)2-3-7(8)11-5/h2-5,11H,1H3,(H,12,13)/t5-/m0/s1. The number of carbonyl (C=O) groups is 1. The molecule has 2 rings (SSSR count). The van der Waals surface area contributed by atoms with Crippen molar-refractivity contribution in [2.75, 3.05) is 10.6 Å². The largest absolute Gasteiger partial charge is 0.372 e. The third kappa shape index (κ3) is 1.54. The number of amides is 1. The highest BCUT2D eigenvalue weighted by Crippen LogP contribution is 2.29. The van der Waals surface area contributed by atoms with Gasteiger partial charge in [-0.1, -0.05) is 15.9 Å². The smallest absolute Gasteiger partial charge is 0.246 e. The fraction of sp³-hybridized carbons (Fsp3) is 0.222. The molecule has 0 radical (unpaired) electrons. The monoisotopic (exact) mass is 240 g/mol. The Bertz CT molecular complexity index is 365. The van der Waals surface area contributed by atoms with Crippen LogP contribution in [0.3, 0.4) is 0 Å². The number of hydrogen-bond acceptors (Lipinski definition) is 2. The van der Waals surface area contributed by atoms with Gasteiger partial charge in [0.25, 0.3) is 0 Å². The molecule has 0 saturated heterocycles. The van der Waals surface area contributed by atoms with Crippen LogP contribution in [-0.4, -0.2) is 11.9 Å². The van der Waals surface area contributed by atoms with Crippen molar-refractivity contribution in [3.63, 3.8) is 0 Å². The van der Waals surface area contributed by atoms with E-state index >= 15 is 0 Å². The molecule has 1 aromatic carbocycles. The van der Waals surface area contributed by atoms with Crippen molar-refractivity contribution < 1.29 is 4.79 Å². The zero-order valence-corrected chi connectivity index (χ0v) is 8.68. The van der Waals surface area contributed by atoms with Crippen LogP contribution in [0.15, 0.2) is 22.7 Å². The molecule has 0 saturated carbocycles. The molecular weight excluding hydrogens is 232 g/mol. The predicted octanol–water partition coefficient (Wildman–Crippen LogP) is 2.20. The van der Waals surface area contributed by atoms with Gasteiger partial charge in [0.05, 0.1) is 11.4 Å². The zero-order valence-electron chi connectivity index (χ0n) is 7.10. The third-order valence-electron chi connectivity index (χ3n) is 2.00. The molecule has 1 atom stereocenters.